The number of para-hydroxylation sites is 1. The molecule has 3 rings (SSSR count). The molecule has 0 radical (unpaired) electrons. The standard InChI is InChI=1S/C15H18N2O3S/c18-11-13-10-12-4-1-2-5-14(12)16-15(13)17-6-3-8-21(19,20)9-7-17/h1-2,4-5,10,18H,3,6-9,11H2. The third-order valence-electron chi connectivity index (χ3n) is 3.81. The third kappa shape index (κ3) is 3.01. The predicted octanol–water partition coefficient (Wildman–Crippen LogP) is 1.35. The van der Waals surface area contributed by atoms with E-state index in [0.717, 1.165) is 16.5 Å². The number of pyridine rings is 1. The van der Waals surface area contributed by atoms with Gasteiger partial charge < -0.3 is 10.0 Å². The summed E-state index contributed by atoms with van der Waals surface area (Å²) in [5.74, 6) is 1.08. The average molecular weight is 306 g/mol. The maximum Gasteiger partial charge on any atom is 0.152 e. The molecule has 6 heteroatoms. The van der Waals surface area contributed by atoms with Crippen LogP contribution in [0.3, 0.4) is 0 Å². The highest BCUT2D eigenvalue weighted by molar-refractivity contribution is 7.91. The molecule has 1 aromatic heterocycles. The number of fused-ring (bicyclic) bond motifs is 1. The van der Waals surface area contributed by atoms with Crippen molar-refractivity contribution in [3.8, 4) is 0 Å². The van der Waals surface area contributed by atoms with Crippen molar-refractivity contribution < 1.29 is 13.5 Å². The molecule has 0 atom stereocenters. The Morgan fingerprint density at radius 2 is 2.00 bits per heavy atom. The van der Waals surface area contributed by atoms with Crippen LogP contribution in [0.1, 0.15) is 12.0 Å². The molecule has 1 fully saturated rings. The molecule has 0 amide bonds. The number of nitrogens with zero attached hydrogens (tertiary/aromatic N) is 2. The molecule has 0 bridgehead atoms. The van der Waals surface area contributed by atoms with Gasteiger partial charge in [0.05, 0.1) is 23.6 Å². The number of hydrogen-bond donors (Lipinski definition) is 1. The zero-order chi connectivity index (χ0) is 14.9. The van der Waals surface area contributed by atoms with Crippen molar-refractivity contribution in [2.45, 2.75) is 13.0 Å². The second-order valence-corrected chi connectivity index (χ2v) is 7.62. The predicted molar refractivity (Wildman–Crippen MR) is 83.1 cm³/mol. The van der Waals surface area contributed by atoms with Gasteiger partial charge in [0.25, 0.3) is 0 Å². The second-order valence-electron chi connectivity index (χ2n) is 5.31. The van der Waals surface area contributed by atoms with Gasteiger partial charge in [-0.1, -0.05) is 18.2 Å². The normalized spacial score (nSPS) is 18.6. The fraction of sp³-hybridized carbons (Fsp3) is 0.400. The summed E-state index contributed by atoms with van der Waals surface area (Å²) >= 11 is 0. The Morgan fingerprint density at radius 1 is 1.19 bits per heavy atom. The van der Waals surface area contributed by atoms with Crippen molar-refractivity contribution in [2.24, 2.45) is 0 Å². The van der Waals surface area contributed by atoms with E-state index in [-0.39, 0.29) is 18.1 Å². The number of hydrogen-bond acceptors (Lipinski definition) is 5. The molecule has 1 aliphatic rings. The van der Waals surface area contributed by atoms with Gasteiger partial charge in [-0.05, 0) is 18.6 Å². The lowest BCUT2D eigenvalue weighted by Crippen LogP contribution is -2.28. The summed E-state index contributed by atoms with van der Waals surface area (Å²) in [4.78, 5) is 6.60. The van der Waals surface area contributed by atoms with Gasteiger partial charge in [-0.3, -0.25) is 0 Å². The van der Waals surface area contributed by atoms with Gasteiger partial charge in [0, 0.05) is 24.0 Å². The number of sulfone groups is 1. The van der Waals surface area contributed by atoms with Crippen LogP contribution in [0.4, 0.5) is 5.82 Å². The van der Waals surface area contributed by atoms with E-state index < -0.39 is 9.84 Å². The van der Waals surface area contributed by atoms with Crippen LogP contribution in [0.25, 0.3) is 10.9 Å². The molecule has 112 valence electrons. The molecule has 1 N–H and O–H groups in total. The number of aromatic nitrogens is 1. The van der Waals surface area contributed by atoms with Gasteiger partial charge in [-0.2, -0.15) is 0 Å². The maximum atomic E-state index is 11.7. The number of anilines is 1. The minimum absolute atomic E-state index is 0.101. The van der Waals surface area contributed by atoms with Crippen LogP contribution < -0.4 is 4.90 Å². The van der Waals surface area contributed by atoms with Gasteiger partial charge in [-0.25, -0.2) is 13.4 Å². The molecule has 5 nitrogen and oxygen atoms in total. The van der Waals surface area contributed by atoms with E-state index in [1.807, 2.05) is 35.2 Å². The van der Waals surface area contributed by atoms with Crippen molar-refractivity contribution in [2.75, 3.05) is 29.5 Å². The van der Waals surface area contributed by atoms with Crippen LogP contribution in [0.15, 0.2) is 30.3 Å². The molecule has 1 aromatic carbocycles. The van der Waals surface area contributed by atoms with Crippen LogP contribution in [-0.2, 0) is 16.4 Å². The largest absolute Gasteiger partial charge is 0.392 e. The summed E-state index contributed by atoms with van der Waals surface area (Å²) in [5.41, 5.74) is 1.60. The zero-order valence-electron chi connectivity index (χ0n) is 11.7. The molecule has 1 aliphatic heterocycles. The lowest BCUT2D eigenvalue weighted by molar-refractivity contribution is 0.282. The molecule has 0 aliphatic carbocycles. The lowest BCUT2D eigenvalue weighted by Gasteiger charge is -2.23. The molecular weight excluding hydrogens is 288 g/mol. The first kappa shape index (κ1) is 14.3. The third-order valence-corrected chi connectivity index (χ3v) is 5.52. The Morgan fingerprint density at radius 3 is 2.81 bits per heavy atom. The molecule has 0 unspecified atom stereocenters. The van der Waals surface area contributed by atoms with E-state index in [0.29, 0.717) is 25.3 Å². The molecule has 2 aromatic rings. The second kappa shape index (κ2) is 5.61. The molecule has 2 heterocycles. The fourth-order valence-corrected chi connectivity index (χ4v) is 3.96. The Bertz CT molecular complexity index is 759. The Hall–Kier alpha value is -1.66. The first-order valence-corrected chi connectivity index (χ1v) is 8.86. The molecule has 0 saturated carbocycles. The number of aliphatic hydroxyl groups is 1. The van der Waals surface area contributed by atoms with Gasteiger partial charge >= 0.3 is 0 Å². The monoisotopic (exact) mass is 306 g/mol. The van der Waals surface area contributed by atoms with Crippen molar-refractivity contribution in [3.63, 3.8) is 0 Å². The smallest absolute Gasteiger partial charge is 0.152 e. The first-order valence-electron chi connectivity index (χ1n) is 7.04. The van der Waals surface area contributed by atoms with Gasteiger partial charge in [0.15, 0.2) is 9.84 Å². The highest BCUT2D eigenvalue weighted by Crippen LogP contribution is 2.25. The van der Waals surface area contributed by atoms with Crippen LogP contribution in [0.2, 0.25) is 0 Å². The molecule has 0 spiro atoms. The highest BCUT2D eigenvalue weighted by Gasteiger charge is 2.22. The quantitative estimate of drug-likeness (QED) is 0.907. The summed E-state index contributed by atoms with van der Waals surface area (Å²) in [6.45, 7) is 0.981. The number of benzene rings is 1. The molecular formula is C15H18N2O3S. The van der Waals surface area contributed by atoms with E-state index in [4.69, 9.17) is 0 Å². The summed E-state index contributed by atoms with van der Waals surface area (Å²) in [5, 5.41) is 10.6. The van der Waals surface area contributed by atoms with Crippen LogP contribution in [-0.4, -0.2) is 43.1 Å². The number of aliphatic hydroxyl groups excluding tert-OH is 1. The topological polar surface area (TPSA) is 70.5 Å². The number of rotatable bonds is 2. The Balaban J connectivity index is 2.02. The fourth-order valence-electron chi connectivity index (χ4n) is 2.69. The van der Waals surface area contributed by atoms with E-state index in [1.165, 1.54) is 0 Å². The van der Waals surface area contributed by atoms with E-state index in [1.54, 1.807) is 0 Å². The average Bonchev–Trinajstić information content (AvgIpc) is 2.66. The van der Waals surface area contributed by atoms with E-state index >= 15 is 0 Å². The highest BCUT2D eigenvalue weighted by atomic mass is 32.2. The minimum atomic E-state index is -2.95. The Labute approximate surface area is 124 Å². The minimum Gasteiger partial charge on any atom is -0.392 e. The van der Waals surface area contributed by atoms with Crippen molar-refractivity contribution in [1.29, 1.82) is 0 Å². The molecule has 21 heavy (non-hydrogen) atoms. The van der Waals surface area contributed by atoms with Crippen molar-refractivity contribution >= 4 is 26.6 Å². The summed E-state index contributed by atoms with van der Waals surface area (Å²) < 4.78 is 23.4. The van der Waals surface area contributed by atoms with Crippen LogP contribution in [0.5, 0.6) is 0 Å². The summed E-state index contributed by atoms with van der Waals surface area (Å²) in [6.07, 6.45) is 0.599. The van der Waals surface area contributed by atoms with E-state index in [2.05, 4.69) is 4.98 Å². The summed E-state index contributed by atoms with van der Waals surface area (Å²) in [7, 11) is -2.95. The molecule has 1 saturated heterocycles. The maximum absolute atomic E-state index is 11.7. The summed E-state index contributed by atoms with van der Waals surface area (Å²) in [6, 6.07) is 9.66. The van der Waals surface area contributed by atoms with Gasteiger partial charge in [0.2, 0.25) is 0 Å². The van der Waals surface area contributed by atoms with Crippen LogP contribution in [0, 0.1) is 0 Å². The zero-order valence-corrected chi connectivity index (χ0v) is 12.5. The SMILES string of the molecule is O=S1(=O)CCCN(c2nc3ccccc3cc2CO)CC1. The van der Waals surface area contributed by atoms with Gasteiger partial charge in [0.1, 0.15) is 5.82 Å². The van der Waals surface area contributed by atoms with Gasteiger partial charge in [-0.15, -0.1) is 0 Å². The van der Waals surface area contributed by atoms with Crippen molar-refractivity contribution in [1.82, 2.24) is 4.98 Å². The van der Waals surface area contributed by atoms with E-state index in [9.17, 15) is 13.5 Å². The first-order chi connectivity index (χ1) is 10.1. The lowest BCUT2D eigenvalue weighted by atomic mass is 10.1. The van der Waals surface area contributed by atoms with Crippen LogP contribution >= 0.6 is 0 Å². The Kier molecular flexibility index (Phi) is 3.82. The van der Waals surface area contributed by atoms with Crippen molar-refractivity contribution in [3.05, 3.63) is 35.9 Å².